The van der Waals surface area contributed by atoms with Gasteiger partial charge in [0.2, 0.25) is 5.88 Å². The molecule has 5 nitrogen and oxygen atoms in total. The highest BCUT2D eigenvalue weighted by molar-refractivity contribution is 5.97. The van der Waals surface area contributed by atoms with E-state index in [1.807, 2.05) is 0 Å². The number of carbonyl (C=O) groups is 1. The highest BCUT2D eigenvalue weighted by Crippen LogP contribution is 2.27. The molecule has 1 rings (SSSR count). The number of amides is 1. The number of halogens is 3. The van der Waals surface area contributed by atoms with Crippen LogP contribution in [0.25, 0.3) is 0 Å². The Balaban J connectivity index is 3.10. The molecule has 0 bridgehead atoms. The summed E-state index contributed by atoms with van der Waals surface area (Å²) in [6, 6.07) is 1.05. The number of carbonyl (C=O) groups excluding carboxylic acids is 1. The summed E-state index contributed by atoms with van der Waals surface area (Å²) >= 11 is 0. The summed E-state index contributed by atoms with van der Waals surface area (Å²) < 4.78 is 46.1. The zero-order valence-electron chi connectivity index (χ0n) is 9.40. The van der Waals surface area contributed by atoms with Crippen LogP contribution in [0.4, 0.5) is 13.2 Å². The minimum Gasteiger partial charge on any atom is -0.477 e. The molecule has 0 aliphatic heterocycles. The molecule has 18 heavy (non-hydrogen) atoms. The van der Waals surface area contributed by atoms with Crippen molar-refractivity contribution < 1.29 is 27.4 Å². The highest BCUT2D eigenvalue weighted by Gasteiger charge is 2.25. The third kappa shape index (κ3) is 3.25. The molecular formula is C10H11F3N2O3. The lowest BCUT2D eigenvalue weighted by Gasteiger charge is -2.14. The van der Waals surface area contributed by atoms with Crippen LogP contribution in [0.1, 0.15) is 17.3 Å². The molecule has 1 aromatic rings. The molecule has 8 heteroatoms. The lowest BCUT2D eigenvalue weighted by molar-refractivity contribution is -0.0672. The molecule has 1 heterocycles. The van der Waals surface area contributed by atoms with Gasteiger partial charge in [0.05, 0.1) is 6.61 Å². The fourth-order valence-corrected chi connectivity index (χ4v) is 1.17. The average molecular weight is 264 g/mol. The summed E-state index contributed by atoms with van der Waals surface area (Å²) in [5.41, 5.74) is 4.68. The van der Waals surface area contributed by atoms with E-state index in [2.05, 4.69) is 9.72 Å². The Morgan fingerprint density at radius 1 is 1.50 bits per heavy atom. The molecule has 1 amide bonds. The Morgan fingerprint density at radius 2 is 2.17 bits per heavy atom. The third-order valence-corrected chi connectivity index (χ3v) is 1.84. The van der Waals surface area contributed by atoms with Crippen molar-refractivity contribution in [2.24, 2.45) is 5.73 Å². The highest BCUT2D eigenvalue weighted by atomic mass is 19.3. The van der Waals surface area contributed by atoms with Crippen LogP contribution in [0.3, 0.4) is 0 Å². The van der Waals surface area contributed by atoms with Crippen molar-refractivity contribution in [2.75, 3.05) is 6.61 Å². The van der Waals surface area contributed by atoms with Gasteiger partial charge in [-0.05, 0) is 13.0 Å². The predicted molar refractivity (Wildman–Crippen MR) is 55.5 cm³/mol. The van der Waals surface area contributed by atoms with Crippen LogP contribution in [0.5, 0.6) is 11.6 Å². The van der Waals surface area contributed by atoms with E-state index in [0.29, 0.717) is 0 Å². The summed E-state index contributed by atoms with van der Waals surface area (Å²) in [5.74, 6) is -1.64. The zero-order valence-corrected chi connectivity index (χ0v) is 9.40. The van der Waals surface area contributed by atoms with Crippen LogP contribution >= 0.6 is 0 Å². The van der Waals surface area contributed by atoms with Crippen molar-refractivity contribution in [1.82, 2.24) is 4.98 Å². The molecule has 0 aliphatic rings. The number of hydrogen-bond donors (Lipinski definition) is 1. The topological polar surface area (TPSA) is 74.4 Å². The summed E-state index contributed by atoms with van der Waals surface area (Å²) in [6.45, 7) is 1.79. The monoisotopic (exact) mass is 264 g/mol. The smallest absolute Gasteiger partial charge is 0.304 e. The van der Waals surface area contributed by atoms with Crippen molar-refractivity contribution in [3.8, 4) is 11.6 Å². The lowest BCUT2D eigenvalue weighted by atomic mass is 10.2. The maximum atomic E-state index is 12.8. The number of rotatable bonds is 6. The Kier molecular flexibility index (Phi) is 4.75. The Labute approximate surface area is 101 Å². The normalized spacial score (nSPS) is 12.3. The van der Waals surface area contributed by atoms with Gasteiger partial charge in [-0.25, -0.2) is 13.8 Å². The minimum atomic E-state index is -3.34. The minimum absolute atomic E-state index is 0.171. The summed E-state index contributed by atoms with van der Waals surface area (Å²) in [4.78, 5) is 14.9. The second kappa shape index (κ2) is 6.08. The Hall–Kier alpha value is -1.99. The van der Waals surface area contributed by atoms with Crippen molar-refractivity contribution in [1.29, 1.82) is 0 Å². The van der Waals surface area contributed by atoms with E-state index in [9.17, 15) is 18.0 Å². The maximum absolute atomic E-state index is 12.8. The van der Waals surface area contributed by atoms with Crippen LogP contribution < -0.4 is 15.2 Å². The maximum Gasteiger partial charge on any atom is 0.304 e. The molecule has 1 atom stereocenters. The van der Waals surface area contributed by atoms with E-state index < -0.39 is 24.4 Å². The summed E-state index contributed by atoms with van der Waals surface area (Å²) in [5, 5.41) is 0. The molecule has 0 spiro atoms. The lowest BCUT2D eigenvalue weighted by Crippen LogP contribution is -2.23. The zero-order chi connectivity index (χ0) is 13.7. The van der Waals surface area contributed by atoms with E-state index >= 15 is 0 Å². The first-order valence-electron chi connectivity index (χ1n) is 4.97. The fraction of sp³-hybridized carbons (Fsp3) is 0.400. The fourth-order valence-electron chi connectivity index (χ4n) is 1.17. The van der Waals surface area contributed by atoms with Crippen molar-refractivity contribution >= 4 is 5.91 Å². The van der Waals surface area contributed by atoms with Gasteiger partial charge in [-0.3, -0.25) is 4.79 Å². The predicted octanol–water partition coefficient (Wildman–Crippen LogP) is 1.52. The molecule has 0 aliphatic carbocycles. The standard InChI is InChI=1S/C10H11F3N2O3/c1-2-17-10-6(9(14)16)5(3-4-15-10)18-8(13)7(11)12/h3-4,7-8H,2H2,1H3,(H2,14,16). The Bertz CT molecular complexity index is 429. The SMILES string of the molecule is CCOc1nccc(OC(F)C(F)F)c1C(N)=O. The number of alkyl halides is 3. The van der Waals surface area contributed by atoms with E-state index in [1.54, 1.807) is 6.92 Å². The summed E-state index contributed by atoms with van der Waals surface area (Å²) in [7, 11) is 0. The summed E-state index contributed by atoms with van der Waals surface area (Å²) in [6.07, 6.45) is -5.07. The van der Waals surface area contributed by atoms with Crippen LogP contribution in [-0.4, -0.2) is 30.3 Å². The van der Waals surface area contributed by atoms with Crippen LogP contribution in [0.2, 0.25) is 0 Å². The number of ether oxygens (including phenoxy) is 2. The Morgan fingerprint density at radius 3 is 2.67 bits per heavy atom. The number of primary amides is 1. The number of nitrogens with two attached hydrogens (primary N) is 1. The first kappa shape index (κ1) is 14.1. The first-order chi connectivity index (χ1) is 8.47. The number of nitrogens with zero attached hydrogens (tertiary/aromatic N) is 1. The molecular weight excluding hydrogens is 253 g/mol. The molecule has 100 valence electrons. The van der Waals surface area contributed by atoms with Gasteiger partial charge >= 0.3 is 6.43 Å². The molecule has 0 saturated heterocycles. The van der Waals surface area contributed by atoms with Gasteiger partial charge in [-0.2, -0.15) is 4.39 Å². The van der Waals surface area contributed by atoms with Gasteiger partial charge in [-0.15, -0.1) is 0 Å². The van der Waals surface area contributed by atoms with Gasteiger partial charge in [0, 0.05) is 6.20 Å². The second-order valence-corrected chi connectivity index (χ2v) is 3.09. The first-order valence-corrected chi connectivity index (χ1v) is 4.97. The largest absolute Gasteiger partial charge is 0.477 e. The van der Waals surface area contributed by atoms with Gasteiger partial charge in [0.1, 0.15) is 11.3 Å². The van der Waals surface area contributed by atoms with Gasteiger partial charge < -0.3 is 15.2 Å². The molecule has 0 aromatic carbocycles. The van der Waals surface area contributed by atoms with Crippen molar-refractivity contribution in [2.45, 2.75) is 19.7 Å². The van der Waals surface area contributed by atoms with Gasteiger partial charge in [0.15, 0.2) is 0 Å². The van der Waals surface area contributed by atoms with E-state index in [1.165, 1.54) is 0 Å². The molecule has 2 N–H and O–H groups in total. The molecule has 1 aromatic heterocycles. The average Bonchev–Trinajstić information content (AvgIpc) is 2.29. The van der Waals surface area contributed by atoms with Crippen molar-refractivity contribution in [3.05, 3.63) is 17.8 Å². The molecule has 0 fully saturated rings. The van der Waals surface area contributed by atoms with Gasteiger partial charge in [0.25, 0.3) is 12.3 Å². The molecule has 1 unspecified atom stereocenters. The van der Waals surface area contributed by atoms with E-state index in [4.69, 9.17) is 10.5 Å². The number of pyridine rings is 1. The van der Waals surface area contributed by atoms with Crippen LogP contribution in [0.15, 0.2) is 12.3 Å². The third-order valence-electron chi connectivity index (χ3n) is 1.84. The number of aromatic nitrogens is 1. The van der Waals surface area contributed by atoms with Crippen molar-refractivity contribution in [3.63, 3.8) is 0 Å². The van der Waals surface area contributed by atoms with Gasteiger partial charge in [-0.1, -0.05) is 0 Å². The quantitative estimate of drug-likeness (QED) is 0.845. The van der Waals surface area contributed by atoms with E-state index in [-0.39, 0.29) is 18.1 Å². The molecule has 0 saturated carbocycles. The van der Waals surface area contributed by atoms with Crippen LogP contribution in [0, 0.1) is 0 Å². The van der Waals surface area contributed by atoms with E-state index in [0.717, 1.165) is 12.3 Å². The number of hydrogen-bond acceptors (Lipinski definition) is 4. The van der Waals surface area contributed by atoms with Crippen LogP contribution in [-0.2, 0) is 0 Å². The molecule has 0 radical (unpaired) electrons. The second-order valence-electron chi connectivity index (χ2n) is 3.09.